The van der Waals surface area contributed by atoms with Crippen molar-refractivity contribution in [3.63, 3.8) is 0 Å². The Balaban J connectivity index is 1.77. The highest BCUT2D eigenvalue weighted by atomic mass is 16.5. The summed E-state index contributed by atoms with van der Waals surface area (Å²) in [5.74, 6) is -1.48. The van der Waals surface area contributed by atoms with Crippen LogP contribution in [-0.2, 0) is 14.3 Å². The zero-order chi connectivity index (χ0) is 12.9. The molecule has 3 saturated heterocycles. The van der Waals surface area contributed by atoms with Crippen molar-refractivity contribution in [3.8, 4) is 0 Å². The van der Waals surface area contributed by atoms with Crippen LogP contribution < -0.4 is 5.73 Å². The summed E-state index contributed by atoms with van der Waals surface area (Å²) in [6.45, 7) is 0.787. The lowest BCUT2D eigenvalue weighted by molar-refractivity contribution is -0.143. The summed E-state index contributed by atoms with van der Waals surface area (Å²) in [5, 5.41) is 9.16. The molecule has 6 heteroatoms. The van der Waals surface area contributed by atoms with Crippen LogP contribution in [0.25, 0.3) is 0 Å². The summed E-state index contributed by atoms with van der Waals surface area (Å²) in [6, 6.07) is -0.287. The summed E-state index contributed by atoms with van der Waals surface area (Å²) < 4.78 is 5.23. The minimum absolute atomic E-state index is 0.00347. The van der Waals surface area contributed by atoms with Gasteiger partial charge in [0.25, 0.3) is 0 Å². The molecule has 0 aliphatic carbocycles. The molecule has 3 aliphatic heterocycles. The van der Waals surface area contributed by atoms with Crippen molar-refractivity contribution in [2.75, 3.05) is 13.2 Å². The van der Waals surface area contributed by atoms with Crippen molar-refractivity contribution in [2.24, 2.45) is 17.6 Å². The second-order valence-corrected chi connectivity index (χ2v) is 5.53. The third-order valence-corrected chi connectivity index (χ3v) is 4.55. The number of hydrogen-bond donors (Lipinski definition) is 2. The number of rotatable bonds is 2. The van der Waals surface area contributed by atoms with Crippen LogP contribution in [0, 0.1) is 11.8 Å². The second kappa shape index (κ2) is 4.20. The van der Waals surface area contributed by atoms with E-state index in [0.717, 1.165) is 12.8 Å². The number of nitrogens with zero attached hydrogens (tertiary/aromatic N) is 1. The third kappa shape index (κ3) is 1.63. The zero-order valence-corrected chi connectivity index (χ0v) is 10.1. The average molecular weight is 254 g/mol. The van der Waals surface area contributed by atoms with Gasteiger partial charge in [-0.25, -0.2) is 0 Å². The van der Waals surface area contributed by atoms with Crippen LogP contribution in [0.5, 0.6) is 0 Å². The molecule has 3 aliphatic rings. The molecule has 0 aromatic heterocycles. The minimum Gasteiger partial charge on any atom is -0.481 e. The van der Waals surface area contributed by atoms with E-state index in [-0.39, 0.29) is 30.0 Å². The fourth-order valence-corrected chi connectivity index (χ4v) is 3.61. The molecule has 3 rings (SSSR count). The number of nitrogens with two attached hydrogens (primary N) is 1. The standard InChI is InChI=1S/C12H18N2O4/c13-9-5-18-4-8(9)11(15)14-6-1-2-10(14)7(3-6)12(16)17/h6-10H,1-5,13H2,(H,16,17). The molecule has 0 aromatic rings. The number of hydrogen-bond acceptors (Lipinski definition) is 4. The van der Waals surface area contributed by atoms with Gasteiger partial charge in [0.05, 0.1) is 25.0 Å². The molecule has 6 nitrogen and oxygen atoms in total. The Morgan fingerprint density at radius 1 is 1.22 bits per heavy atom. The average Bonchev–Trinajstić information content (AvgIpc) is 3.01. The summed E-state index contributed by atoms with van der Waals surface area (Å²) in [4.78, 5) is 25.4. The van der Waals surface area contributed by atoms with Crippen LogP contribution in [0.15, 0.2) is 0 Å². The van der Waals surface area contributed by atoms with Crippen molar-refractivity contribution < 1.29 is 19.4 Å². The van der Waals surface area contributed by atoms with Gasteiger partial charge in [0.2, 0.25) is 5.91 Å². The minimum atomic E-state index is -0.785. The SMILES string of the molecule is NC1COCC1C(=O)N1C2CCC1C(C(=O)O)C2. The third-order valence-electron chi connectivity index (χ3n) is 4.55. The van der Waals surface area contributed by atoms with E-state index in [1.165, 1.54) is 0 Å². The maximum absolute atomic E-state index is 12.5. The van der Waals surface area contributed by atoms with Gasteiger partial charge in [-0.05, 0) is 19.3 Å². The van der Waals surface area contributed by atoms with Crippen LogP contribution in [0.4, 0.5) is 0 Å². The Hall–Kier alpha value is -1.14. The first-order valence-corrected chi connectivity index (χ1v) is 6.48. The van der Waals surface area contributed by atoms with Crippen molar-refractivity contribution in [1.29, 1.82) is 0 Å². The van der Waals surface area contributed by atoms with Gasteiger partial charge in [-0.2, -0.15) is 0 Å². The Labute approximate surface area is 105 Å². The number of carboxylic acid groups (broad SMARTS) is 1. The molecule has 18 heavy (non-hydrogen) atoms. The number of carboxylic acids is 1. The van der Waals surface area contributed by atoms with E-state index < -0.39 is 11.9 Å². The van der Waals surface area contributed by atoms with Crippen LogP contribution in [0.1, 0.15) is 19.3 Å². The molecule has 3 heterocycles. The van der Waals surface area contributed by atoms with Crippen LogP contribution >= 0.6 is 0 Å². The largest absolute Gasteiger partial charge is 0.481 e. The molecule has 1 amide bonds. The van der Waals surface area contributed by atoms with Gasteiger partial charge in [-0.3, -0.25) is 9.59 Å². The predicted molar refractivity (Wildman–Crippen MR) is 61.7 cm³/mol. The van der Waals surface area contributed by atoms with Crippen molar-refractivity contribution >= 4 is 11.9 Å². The molecule has 2 bridgehead atoms. The van der Waals surface area contributed by atoms with Crippen molar-refractivity contribution in [1.82, 2.24) is 4.90 Å². The molecule has 0 saturated carbocycles. The van der Waals surface area contributed by atoms with E-state index in [1.807, 2.05) is 0 Å². The summed E-state index contributed by atoms with van der Waals surface area (Å²) >= 11 is 0. The maximum Gasteiger partial charge on any atom is 0.308 e. The molecular weight excluding hydrogens is 236 g/mol. The highest BCUT2D eigenvalue weighted by molar-refractivity contribution is 5.83. The molecule has 0 radical (unpaired) electrons. The predicted octanol–water partition coefficient (Wildman–Crippen LogP) is -0.576. The monoisotopic (exact) mass is 254 g/mol. The highest BCUT2D eigenvalue weighted by Crippen LogP contribution is 2.42. The molecule has 3 N–H and O–H groups in total. The molecule has 3 fully saturated rings. The first-order valence-electron chi connectivity index (χ1n) is 6.48. The van der Waals surface area contributed by atoms with Crippen LogP contribution in [0.3, 0.4) is 0 Å². The number of amides is 1. The Kier molecular flexibility index (Phi) is 2.79. The van der Waals surface area contributed by atoms with Gasteiger partial charge in [0.1, 0.15) is 0 Å². The van der Waals surface area contributed by atoms with E-state index in [1.54, 1.807) is 4.90 Å². The maximum atomic E-state index is 12.5. The quantitative estimate of drug-likeness (QED) is 0.688. The highest BCUT2D eigenvalue weighted by Gasteiger charge is 2.53. The smallest absolute Gasteiger partial charge is 0.308 e. The van der Waals surface area contributed by atoms with Gasteiger partial charge >= 0.3 is 5.97 Å². The van der Waals surface area contributed by atoms with Crippen molar-refractivity contribution in [3.05, 3.63) is 0 Å². The number of ether oxygens (including phenoxy) is 1. The fourth-order valence-electron chi connectivity index (χ4n) is 3.61. The van der Waals surface area contributed by atoms with Gasteiger partial charge in [0.15, 0.2) is 0 Å². The number of aliphatic carboxylic acids is 1. The second-order valence-electron chi connectivity index (χ2n) is 5.53. The van der Waals surface area contributed by atoms with E-state index in [9.17, 15) is 9.59 Å². The van der Waals surface area contributed by atoms with E-state index >= 15 is 0 Å². The summed E-state index contributed by atoms with van der Waals surface area (Å²) in [6.07, 6.45) is 2.31. The molecule has 5 unspecified atom stereocenters. The van der Waals surface area contributed by atoms with E-state index in [2.05, 4.69) is 0 Å². The van der Waals surface area contributed by atoms with Gasteiger partial charge in [-0.15, -0.1) is 0 Å². The van der Waals surface area contributed by atoms with E-state index in [0.29, 0.717) is 19.6 Å². The topological polar surface area (TPSA) is 92.9 Å². The zero-order valence-electron chi connectivity index (χ0n) is 10.1. The van der Waals surface area contributed by atoms with E-state index in [4.69, 9.17) is 15.6 Å². The molecule has 100 valence electrons. The number of carbonyl (C=O) groups excluding carboxylic acids is 1. The Bertz CT molecular complexity index is 386. The lowest BCUT2D eigenvalue weighted by Gasteiger charge is -2.27. The number of carbonyl (C=O) groups is 2. The lowest BCUT2D eigenvalue weighted by Crippen LogP contribution is -2.46. The molecule has 5 atom stereocenters. The first kappa shape index (κ1) is 11.9. The normalized spacial score (nSPS) is 42.5. The number of fused-ring (bicyclic) bond motifs is 2. The van der Waals surface area contributed by atoms with Gasteiger partial charge in [0, 0.05) is 18.1 Å². The first-order chi connectivity index (χ1) is 8.59. The van der Waals surface area contributed by atoms with Gasteiger partial charge < -0.3 is 20.5 Å². The molecular formula is C12H18N2O4. The van der Waals surface area contributed by atoms with Gasteiger partial charge in [-0.1, -0.05) is 0 Å². The Morgan fingerprint density at radius 2 is 2.00 bits per heavy atom. The van der Waals surface area contributed by atoms with Crippen molar-refractivity contribution in [2.45, 2.75) is 37.4 Å². The fraction of sp³-hybridized carbons (Fsp3) is 0.833. The lowest BCUT2D eigenvalue weighted by atomic mass is 9.89. The molecule has 0 aromatic carbocycles. The summed E-state index contributed by atoms with van der Waals surface area (Å²) in [7, 11) is 0. The summed E-state index contributed by atoms with van der Waals surface area (Å²) in [5.41, 5.74) is 5.86. The molecule has 0 spiro atoms. The Morgan fingerprint density at radius 3 is 2.56 bits per heavy atom. The van der Waals surface area contributed by atoms with Crippen LogP contribution in [0.2, 0.25) is 0 Å². The van der Waals surface area contributed by atoms with Crippen LogP contribution in [-0.4, -0.2) is 53.2 Å².